The summed E-state index contributed by atoms with van der Waals surface area (Å²) in [4.78, 5) is 14.2. The van der Waals surface area contributed by atoms with Gasteiger partial charge in [0.1, 0.15) is 0 Å². The summed E-state index contributed by atoms with van der Waals surface area (Å²) < 4.78 is 0. The predicted octanol–water partition coefficient (Wildman–Crippen LogP) is 5.34. The Bertz CT molecular complexity index is 1040. The zero-order valence-corrected chi connectivity index (χ0v) is 17.1. The van der Waals surface area contributed by atoms with Gasteiger partial charge in [-0.2, -0.15) is 5.10 Å². The molecule has 4 nitrogen and oxygen atoms in total. The van der Waals surface area contributed by atoms with Crippen LogP contribution in [0, 0.1) is 0 Å². The number of nitrogens with zero attached hydrogens (tertiary/aromatic N) is 2. The fraction of sp³-hybridized carbons (Fsp3) is 0.0833. The molecule has 29 heavy (non-hydrogen) atoms. The average molecular weight is 404 g/mol. The van der Waals surface area contributed by atoms with Crippen molar-refractivity contribution in [2.24, 2.45) is 5.10 Å². The summed E-state index contributed by atoms with van der Waals surface area (Å²) in [5.74, 6) is -0.247. The quantitative estimate of drug-likeness (QED) is 0.343. The molecular formula is C24H22ClN3O. The van der Waals surface area contributed by atoms with E-state index in [2.05, 4.69) is 10.5 Å². The molecule has 3 aromatic carbocycles. The van der Waals surface area contributed by atoms with E-state index in [9.17, 15) is 4.79 Å². The van der Waals surface area contributed by atoms with Crippen molar-refractivity contribution in [3.63, 3.8) is 0 Å². The van der Waals surface area contributed by atoms with Gasteiger partial charge in [-0.15, -0.1) is 0 Å². The highest BCUT2D eigenvalue weighted by Gasteiger charge is 2.04. The van der Waals surface area contributed by atoms with E-state index in [0.29, 0.717) is 10.6 Å². The van der Waals surface area contributed by atoms with Crippen LogP contribution in [0.3, 0.4) is 0 Å². The van der Waals surface area contributed by atoms with Crippen molar-refractivity contribution >= 4 is 41.6 Å². The van der Waals surface area contributed by atoms with Gasteiger partial charge >= 0.3 is 0 Å². The monoisotopic (exact) mass is 403 g/mol. The van der Waals surface area contributed by atoms with Crippen LogP contribution in [0.2, 0.25) is 5.02 Å². The van der Waals surface area contributed by atoms with Gasteiger partial charge in [0.25, 0.3) is 5.91 Å². The zero-order valence-electron chi connectivity index (χ0n) is 16.3. The standard InChI is InChI=1S/C24H22ClN3O/c1-28(2)23-13-11-21(12-14-23)24(29)27-26-17-20-7-3-5-18(15-20)9-10-19-6-4-8-22(25)16-19/h3-17H,1-2H3,(H,27,29)/b10-9+,26-17+. The summed E-state index contributed by atoms with van der Waals surface area (Å²) in [6.45, 7) is 0. The van der Waals surface area contributed by atoms with Crippen molar-refractivity contribution in [1.29, 1.82) is 0 Å². The fourth-order valence-electron chi connectivity index (χ4n) is 2.69. The highest BCUT2D eigenvalue weighted by molar-refractivity contribution is 6.30. The van der Waals surface area contributed by atoms with Crippen molar-refractivity contribution in [1.82, 2.24) is 5.43 Å². The molecule has 0 saturated heterocycles. The molecule has 0 aliphatic heterocycles. The molecule has 0 spiro atoms. The van der Waals surface area contributed by atoms with Gasteiger partial charge in [-0.25, -0.2) is 5.43 Å². The lowest BCUT2D eigenvalue weighted by Crippen LogP contribution is -2.17. The SMILES string of the molecule is CN(C)c1ccc(C(=O)N/N=C/c2cccc(/C=C/c3cccc(Cl)c3)c2)cc1. The smallest absolute Gasteiger partial charge is 0.271 e. The van der Waals surface area contributed by atoms with E-state index in [1.807, 2.05) is 91.8 Å². The van der Waals surface area contributed by atoms with Crippen molar-refractivity contribution < 1.29 is 4.79 Å². The average Bonchev–Trinajstić information content (AvgIpc) is 2.72. The summed E-state index contributed by atoms with van der Waals surface area (Å²) in [6, 6.07) is 22.9. The second kappa shape index (κ2) is 9.71. The number of carbonyl (C=O) groups excluding carboxylic acids is 1. The van der Waals surface area contributed by atoms with Gasteiger partial charge in [-0.1, -0.05) is 54.1 Å². The minimum absolute atomic E-state index is 0.247. The maximum Gasteiger partial charge on any atom is 0.271 e. The lowest BCUT2D eigenvalue weighted by molar-refractivity contribution is 0.0955. The molecule has 0 heterocycles. The molecule has 0 atom stereocenters. The molecule has 3 aromatic rings. The van der Waals surface area contributed by atoms with E-state index in [-0.39, 0.29) is 5.91 Å². The van der Waals surface area contributed by atoms with Crippen LogP contribution in [0.15, 0.2) is 77.9 Å². The van der Waals surface area contributed by atoms with Crippen LogP contribution in [0.25, 0.3) is 12.2 Å². The number of halogens is 1. The van der Waals surface area contributed by atoms with Gasteiger partial charge in [-0.3, -0.25) is 4.79 Å². The van der Waals surface area contributed by atoms with Gasteiger partial charge in [0, 0.05) is 30.4 Å². The Morgan fingerprint density at radius 2 is 1.52 bits per heavy atom. The molecule has 0 aromatic heterocycles. The first-order valence-corrected chi connectivity index (χ1v) is 9.53. The Morgan fingerprint density at radius 1 is 0.897 bits per heavy atom. The molecule has 1 N–H and O–H groups in total. The number of nitrogens with one attached hydrogen (secondary N) is 1. The van der Waals surface area contributed by atoms with E-state index in [1.165, 1.54) is 0 Å². The fourth-order valence-corrected chi connectivity index (χ4v) is 2.89. The Hall–Kier alpha value is -3.37. The number of carbonyl (C=O) groups is 1. The second-order valence-electron chi connectivity index (χ2n) is 6.70. The Balaban J connectivity index is 1.62. The molecule has 1 amide bonds. The van der Waals surface area contributed by atoms with Crippen LogP contribution in [0.5, 0.6) is 0 Å². The molecule has 0 saturated carbocycles. The number of benzene rings is 3. The number of hydrazone groups is 1. The first-order valence-electron chi connectivity index (χ1n) is 9.16. The first kappa shape index (κ1) is 20.4. The van der Waals surface area contributed by atoms with E-state index in [1.54, 1.807) is 18.3 Å². The van der Waals surface area contributed by atoms with Crippen LogP contribution in [-0.4, -0.2) is 26.2 Å². The van der Waals surface area contributed by atoms with Gasteiger partial charge in [0.2, 0.25) is 0 Å². The van der Waals surface area contributed by atoms with Crippen molar-refractivity contribution in [3.05, 3.63) is 100 Å². The van der Waals surface area contributed by atoms with Crippen molar-refractivity contribution in [3.8, 4) is 0 Å². The van der Waals surface area contributed by atoms with E-state index in [0.717, 1.165) is 22.4 Å². The Morgan fingerprint density at radius 3 is 2.17 bits per heavy atom. The van der Waals surface area contributed by atoms with Crippen LogP contribution >= 0.6 is 11.6 Å². The number of anilines is 1. The van der Waals surface area contributed by atoms with Gasteiger partial charge < -0.3 is 4.90 Å². The van der Waals surface area contributed by atoms with Gasteiger partial charge in [0.15, 0.2) is 0 Å². The summed E-state index contributed by atoms with van der Waals surface area (Å²) in [5, 5.41) is 4.78. The topological polar surface area (TPSA) is 44.7 Å². The molecule has 0 bridgehead atoms. The first-order chi connectivity index (χ1) is 14.0. The van der Waals surface area contributed by atoms with Crippen molar-refractivity contribution in [2.45, 2.75) is 0 Å². The van der Waals surface area contributed by atoms with Gasteiger partial charge in [0.05, 0.1) is 6.21 Å². The third-order valence-electron chi connectivity index (χ3n) is 4.25. The van der Waals surface area contributed by atoms with E-state index in [4.69, 9.17) is 11.6 Å². The molecule has 0 aliphatic carbocycles. The zero-order chi connectivity index (χ0) is 20.6. The third kappa shape index (κ3) is 6.06. The van der Waals surface area contributed by atoms with Crippen LogP contribution in [-0.2, 0) is 0 Å². The summed E-state index contributed by atoms with van der Waals surface area (Å²) in [5.41, 5.74) is 7.11. The largest absolute Gasteiger partial charge is 0.378 e. The van der Waals surface area contributed by atoms with Gasteiger partial charge in [-0.05, 0) is 59.2 Å². The predicted molar refractivity (Wildman–Crippen MR) is 123 cm³/mol. The van der Waals surface area contributed by atoms with E-state index < -0.39 is 0 Å². The highest BCUT2D eigenvalue weighted by Crippen LogP contribution is 2.14. The minimum atomic E-state index is -0.247. The molecule has 3 rings (SSSR count). The number of amides is 1. The molecule has 146 valence electrons. The number of hydrogen-bond acceptors (Lipinski definition) is 3. The van der Waals surface area contributed by atoms with Crippen LogP contribution in [0.4, 0.5) is 5.69 Å². The molecule has 5 heteroatoms. The lowest BCUT2D eigenvalue weighted by Gasteiger charge is -2.12. The normalized spacial score (nSPS) is 11.1. The third-order valence-corrected chi connectivity index (χ3v) is 4.49. The second-order valence-corrected chi connectivity index (χ2v) is 7.14. The molecule has 0 radical (unpaired) electrons. The summed E-state index contributed by atoms with van der Waals surface area (Å²) in [6.07, 6.45) is 5.64. The van der Waals surface area contributed by atoms with Crippen LogP contribution in [0.1, 0.15) is 27.0 Å². The molecule has 0 unspecified atom stereocenters. The number of rotatable bonds is 6. The number of hydrogen-bond donors (Lipinski definition) is 1. The van der Waals surface area contributed by atoms with Crippen molar-refractivity contribution in [2.75, 3.05) is 19.0 Å². The highest BCUT2D eigenvalue weighted by atomic mass is 35.5. The molecular weight excluding hydrogens is 382 g/mol. The maximum atomic E-state index is 12.2. The molecule has 0 aliphatic rings. The minimum Gasteiger partial charge on any atom is -0.378 e. The summed E-state index contributed by atoms with van der Waals surface area (Å²) in [7, 11) is 3.91. The molecule has 0 fully saturated rings. The maximum absolute atomic E-state index is 12.2. The Kier molecular flexibility index (Phi) is 6.82. The lowest BCUT2D eigenvalue weighted by atomic mass is 10.1. The van der Waals surface area contributed by atoms with Crippen LogP contribution < -0.4 is 10.3 Å². The Labute approximate surface area is 176 Å². The summed E-state index contributed by atoms with van der Waals surface area (Å²) >= 11 is 6.01. The van der Waals surface area contributed by atoms with E-state index >= 15 is 0 Å².